The van der Waals surface area contributed by atoms with E-state index in [0.717, 1.165) is 11.3 Å². The molecule has 0 unspecified atom stereocenters. The van der Waals surface area contributed by atoms with Gasteiger partial charge in [-0.2, -0.15) is 5.26 Å². The first kappa shape index (κ1) is 14.2. The van der Waals surface area contributed by atoms with Gasteiger partial charge in [-0.15, -0.1) is 11.6 Å². The molecule has 0 saturated carbocycles. The molecule has 0 atom stereocenters. The average Bonchev–Trinajstić information content (AvgIpc) is 2.48. The average molecular weight is 289 g/mol. The fourth-order valence-corrected chi connectivity index (χ4v) is 2.05. The largest absolute Gasteiger partial charge is 0.483 e. The lowest BCUT2D eigenvalue weighted by Gasteiger charge is -2.10. The summed E-state index contributed by atoms with van der Waals surface area (Å²) in [5, 5.41) is 8.83. The molecule has 0 spiro atoms. The Morgan fingerprint density at radius 3 is 2.90 bits per heavy atom. The first-order valence-electron chi connectivity index (χ1n) is 6.01. The van der Waals surface area contributed by atoms with Crippen LogP contribution >= 0.6 is 11.6 Å². The Labute approximate surface area is 121 Å². The van der Waals surface area contributed by atoms with Crippen LogP contribution in [0.15, 0.2) is 41.3 Å². The van der Waals surface area contributed by atoms with Gasteiger partial charge >= 0.3 is 0 Å². The van der Waals surface area contributed by atoms with E-state index in [0.29, 0.717) is 5.56 Å². The summed E-state index contributed by atoms with van der Waals surface area (Å²) in [4.78, 5) is 11.8. The highest BCUT2D eigenvalue weighted by molar-refractivity contribution is 6.16. The maximum absolute atomic E-state index is 11.8. The van der Waals surface area contributed by atoms with Gasteiger partial charge in [-0.25, -0.2) is 0 Å². The number of halogens is 1. The number of pyridine rings is 1. The minimum atomic E-state index is -0.199. The van der Waals surface area contributed by atoms with Gasteiger partial charge in [-0.1, -0.05) is 12.1 Å². The third kappa shape index (κ3) is 3.19. The van der Waals surface area contributed by atoms with Crippen LogP contribution in [0.25, 0.3) is 0 Å². The summed E-state index contributed by atoms with van der Waals surface area (Å²) in [5.74, 6) is 0.541. The van der Waals surface area contributed by atoms with Crippen molar-refractivity contribution in [3.05, 3.63) is 63.6 Å². The van der Waals surface area contributed by atoms with Gasteiger partial charge in [0.15, 0.2) is 5.75 Å². The number of aryl methyl sites for hydroxylation is 1. The van der Waals surface area contributed by atoms with Crippen LogP contribution in [0.3, 0.4) is 0 Å². The zero-order chi connectivity index (χ0) is 14.5. The van der Waals surface area contributed by atoms with Crippen LogP contribution in [-0.4, -0.2) is 4.57 Å². The molecule has 5 heteroatoms. The van der Waals surface area contributed by atoms with E-state index in [1.807, 2.05) is 6.07 Å². The minimum absolute atomic E-state index is 0.199. The molecule has 0 aliphatic heterocycles. The van der Waals surface area contributed by atoms with Gasteiger partial charge < -0.3 is 9.30 Å². The molecular weight excluding hydrogens is 276 g/mol. The molecule has 4 nitrogen and oxygen atoms in total. The van der Waals surface area contributed by atoms with E-state index in [9.17, 15) is 4.79 Å². The van der Waals surface area contributed by atoms with Crippen molar-refractivity contribution in [2.75, 3.05) is 0 Å². The van der Waals surface area contributed by atoms with Crippen LogP contribution in [0.1, 0.15) is 16.8 Å². The van der Waals surface area contributed by atoms with Gasteiger partial charge in [-0.05, 0) is 17.7 Å². The van der Waals surface area contributed by atoms with Crippen LogP contribution in [0.5, 0.6) is 5.75 Å². The number of rotatable bonds is 4. The lowest BCUT2D eigenvalue weighted by Crippen LogP contribution is -2.13. The highest BCUT2D eigenvalue weighted by atomic mass is 35.5. The highest BCUT2D eigenvalue weighted by Gasteiger charge is 2.05. The molecule has 1 aromatic heterocycles. The molecule has 0 aliphatic carbocycles. The minimum Gasteiger partial charge on any atom is -0.483 e. The summed E-state index contributed by atoms with van der Waals surface area (Å²) in [6.45, 7) is 0.241. The number of benzene rings is 1. The first-order chi connectivity index (χ1) is 9.63. The molecule has 1 heterocycles. The molecule has 2 rings (SSSR count). The second-order valence-electron chi connectivity index (χ2n) is 4.34. The van der Waals surface area contributed by atoms with E-state index in [4.69, 9.17) is 21.6 Å². The molecule has 0 bridgehead atoms. The van der Waals surface area contributed by atoms with E-state index in [2.05, 4.69) is 6.07 Å². The van der Waals surface area contributed by atoms with Crippen LogP contribution in [-0.2, 0) is 19.5 Å². The maximum Gasteiger partial charge on any atom is 0.223 e. The third-order valence-corrected chi connectivity index (χ3v) is 3.17. The second-order valence-corrected chi connectivity index (χ2v) is 4.61. The normalized spacial score (nSPS) is 10.1. The van der Waals surface area contributed by atoms with Crippen LogP contribution in [0, 0.1) is 11.3 Å². The Bertz CT molecular complexity index is 717. The molecule has 2 aromatic rings. The SMILES string of the molecule is Cn1cc(OCc2cccc(C#N)c2)c(=O)cc1CCl. The summed E-state index contributed by atoms with van der Waals surface area (Å²) in [7, 11) is 1.81. The lowest BCUT2D eigenvalue weighted by atomic mass is 10.1. The van der Waals surface area contributed by atoms with Crippen molar-refractivity contribution in [2.45, 2.75) is 12.5 Å². The van der Waals surface area contributed by atoms with Gasteiger partial charge in [0, 0.05) is 18.8 Å². The van der Waals surface area contributed by atoms with Crippen LogP contribution in [0.4, 0.5) is 0 Å². The van der Waals surface area contributed by atoms with E-state index >= 15 is 0 Å². The zero-order valence-corrected chi connectivity index (χ0v) is 11.7. The Morgan fingerprint density at radius 2 is 2.20 bits per heavy atom. The molecule has 0 N–H and O–H groups in total. The molecule has 1 aromatic carbocycles. The maximum atomic E-state index is 11.8. The second kappa shape index (κ2) is 6.27. The van der Waals surface area contributed by atoms with Crippen molar-refractivity contribution in [1.29, 1.82) is 5.26 Å². The number of alkyl halides is 1. The Kier molecular flexibility index (Phi) is 4.44. The van der Waals surface area contributed by atoms with Gasteiger partial charge in [0.2, 0.25) is 5.43 Å². The number of nitriles is 1. The van der Waals surface area contributed by atoms with E-state index in [-0.39, 0.29) is 23.7 Å². The van der Waals surface area contributed by atoms with Gasteiger partial charge in [0.05, 0.1) is 23.7 Å². The summed E-state index contributed by atoms with van der Waals surface area (Å²) in [5.41, 5.74) is 1.94. The highest BCUT2D eigenvalue weighted by Crippen LogP contribution is 2.11. The molecule has 0 aliphatic rings. The third-order valence-electron chi connectivity index (χ3n) is 2.89. The molecule has 0 saturated heterocycles. The summed E-state index contributed by atoms with van der Waals surface area (Å²) in [6, 6.07) is 10.6. The van der Waals surface area contributed by atoms with Gasteiger partial charge in [0.25, 0.3) is 0 Å². The molecule has 102 valence electrons. The zero-order valence-electron chi connectivity index (χ0n) is 11.0. The van der Waals surface area contributed by atoms with Crippen molar-refractivity contribution >= 4 is 11.6 Å². The Morgan fingerprint density at radius 1 is 1.40 bits per heavy atom. The fourth-order valence-electron chi connectivity index (χ4n) is 1.78. The summed E-state index contributed by atoms with van der Waals surface area (Å²) < 4.78 is 7.28. The number of hydrogen-bond acceptors (Lipinski definition) is 3. The van der Waals surface area contributed by atoms with E-state index in [1.165, 1.54) is 6.07 Å². The number of hydrogen-bond donors (Lipinski definition) is 0. The summed E-state index contributed by atoms with van der Waals surface area (Å²) >= 11 is 5.73. The lowest BCUT2D eigenvalue weighted by molar-refractivity contribution is 0.300. The molecule has 20 heavy (non-hydrogen) atoms. The quantitative estimate of drug-likeness (QED) is 0.813. The monoisotopic (exact) mass is 288 g/mol. The number of aromatic nitrogens is 1. The predicted molar refractivity (Wildman–Crippen MR) is 76.7 cm³/mol. The molecule has 0 fully saturated rings. The van der Waals surface area contributed by atoms with Gasteiger partial charge in [0.1, 0.15) is 6.61 Å². The standard InChI is InChI=1S/C15H13ClN2O2/c1-18-9-15(14(19)6-13(18)7-16)20-10-12-4-2-3-11(5-12)8-17/h2-6,9H,7,10H2,1H3. The number of ether oxygens (including phenoxy) is 1. The van der Waals surface area contributed by atoms with Gasteiger partial charge in [-0.3, -0.25) is 4.79 Å². The van der Waals surface area contributed by atoms with Crippen LogP contribution < -0.4 is 10.2 Å². The molecular formula is C15H13ClN2O2. The smallest absolute Gasteiger partial charge is 0.223 e. The van der Waals surface area contributed by atoms with Crippen molar-refractivity contribution in [2.24, 2.45) is 7.05 Å². The van der Waals surface area contributed by atoms with Crippen LogP contribution in [0.2, 0.25) is 0 Å². The topological polar surface area (TPSA) is 55.0 Å². The molecule has 0 radical (unpaired) electrons. The molecule has 0 amide bonds. The van der Waals surface area contributed by atoms with Crippen molar-refractivity contribution < 1.29 is 4.74 Å². The van der Waals surface area contributed by atoms with Crippen molar-refractivity contribution in [3.63, 3.8) is 0 Å². The number of nitrogens with zero attached hydrogens (tertiary/aromatic N) is 2. The summed E-state index contributed by atoms with van der Waals surface area (Å²) in [6.07, 6.45) is 1.62. The van der Waals surface area contributed by atoms with Crippen molar-refractivity contribution in [1.82, 2.24) is 4.57 Å². The Balaban J connectivity index is 2.17. The van der Waals surface area contributed by atoms with E-state index < -0.39 is 0 Å². The van der Waals surface area contributed by atoms with Crippen molar-refractivity contribution in [3.8, 4) is 11.8 Å². The Hall–Kier alpha value is -2.25. The fraction of sp³-hybridized carbons (Fsp3) is 0.200. The first-order valence-corrected chi connectivity index (χ1v) is 6.55. The predicted octanol–water partition coefficient (Wildman–Crippen LogP) is 2.57. The van der Waals surface area contributed by atoms with E-state index in [1.54, 1.807) is 36.0 Å².